The minimum atomic E-state index is -0.969. The number of rotatable bonds is 3. The zero-order valence-corrected chi connectivity index (χ0v) is 8.79. The highest BCUT2D eigenvalue weighted by molar-refractivity contribution is 5.86. The van der Waals surface area contributed by atoms with E-state index >= 15 is 0 Å². The lowest BCUT2D eigenvalue weighted by atomic mass is 10.2. The van der Waals surface area contributed by atoms with Crippen molar-refractivity contribution in [2.75, 3.05) is 0 Å². The summed E-state index contributed by atoms with van der Waals surface area (Å²) >= 11 is 0. The molecule has 0 aromatic carbocycles. The van der Waals surface area contributed by atoms with Gasteiger partial charge in [-0.25, -0.2) is 4.79 Å². The summed E-state index contributed by atoms with van der Waals surface area (Å²) in [6, 6.07) is 3.83. The zero-order valence-electron chi connectivity index (χ0n) is 8.79. The van der Waals surface area contributed by atoms with Gasteiger partial charge in [-0.05, 0) is 18.6 Å². The fourth-order valence-corrected chi connectivity index (χ4v) is 1.40. The fourth-order valence-electron chi connectivity index (χ4n) is 1.40. The maximum absolute atomic E-state index is 10.7. The Balaban J connectivity index is 2.21. The van der Waals surface area contributed by atoms with Gasteiger partial charge >= 0.3 is 5.97 Å². The number of hydrogen-bond donors (Lipinski definition) is 1. The van der Waals surface area contributed by atoms with E-state index in [1.807, 2.05) is 19.1 Å². The number of carboxylic acids is 1. The van der Waals surface area contributed by atoms with Crippen LogP contribution in [0, 0.1) is 6.92 Å². The lowest BCUT2D eigenvalue weighted by Gasteiger charge is -2.03. The van der Waals surface area contributed by atoms with E-state index < -0.39 is 5.97 Å². The molecular formula is C11H11N3O2. The molecule has 0 amide bonds. The van der Waals surface area contributed by atoms with Gasteiger partial charge in [0.1, 0.15) is 0 Å². The summed E-state index contributed by atoms with van der Waals surface area (Å²) in [6.45, 7) is 2.45. The van der Waals surface area contributed by atoms with Crippen LogP contribution in [0.1, 0.15) is 21.6 Å². The first kappa shape index (κ1) is 10.4. The summed E-state index contributed by atoms with van der Waals surface area (Å²) < 4.78 is 1.57. The van der Waals surface area contributed by atoms with Crippen LogP contribution in [-0.2, 0) is 6.54 Å². The molecule has 0 aliphatic heterocycles. The molecule has 0 unspecified atom stereocenters. The van der Waals surface area contributed by atoms with Crippen LogP contribution in [0.5, 0.6) is 0 Å². The van der Waals surface area contributed by atoms with Crippen LogP contribution in [0.2, 0.25) is 0 Å². The first-order chi connectivity index (χ1) is 7.66. The number of carbonyl (C=O) groups is 1. The molecule has 82 valence electrons. The van der Waals surface area contributed by atoms with E-state index in [4.69, 9.17) is 5.11 Å². The average Bonchev–Trinajstić information content (AvgIpc) is 2.70. The number of hydrogen-bond acceptors (Lipinski definition) is 3. The Kier molecular flexibility index (Phi) is 2.68. The van der Waals surface area contributed by atoms with E-state index in [9.17, 15) is 4.79 Å². The summed E-state index contributed by atoms with van der Waals surface area (Å²) in [5, 5.41) is 12.7. The van der Waals surface area contributed by atoms with Crippen molar-refractivity contribution in [1.82, 2.24) is 14.8 Å². The Morgan fingerprint density at radius 1 is 1.56 bits per heavy atom. The summed E-state index contributed by atoms with van der Waals surface area (Å²) in [5.74, 6) is -0.969. The van der Waals surface area contributed by atoms with Crippen molar-refractivity contribution in [3.05, 3.63) is 47.5 Å². The van der Waals surface area contributed by atoms with Crippen molar-refractivity contribution < 1.29 is 9.90 Å². The van der Waals surface area contributed by atoms with Gasteiger partial charge in [-0.2, -0.15) is 5.10 Å². The van der Waals surface area contributed by atoms with E-state index in [-0.39, 0.29) is 5.56 Å². The molecule has 5 nitrogen and oxygen atoms in total. The number of aryl methyl sites for hydroxylation is 1. The number of nitrogens with zero attached hydrogens (tertiary/aromatic N) is 3. The molecule has 16 heavy (non-hydrogen) atoms. The Morgan fingerprint density at radius 2 is 2.38 bits per heavy atom. The van der Waals surface area contributed by atoms with Crippen molar-refractivity contribution >= 4 is 5.97 Å². The lowest BCUT2D eigenvalue weighted by molar-refractivity contribution is 0.0697. The highest BCUT2D eigenvalue weighted by Crippen LogP contribution is 2.06. The van der Waals surface area contributed by atoms with Crippen LogP contribution in [0.4, 0.5) is 0 Å². The first-order valence-corrected chi connectivity index (χ1v) is 4.83. The third-order valence-corrected chi connectivity index (χ3v) is 2.31. The third kappa shape index (κ3) is 2.08. The minimum absolute atomic E-state index is 0.189. The predicted octanol–water partition coefficient (Wildman–Crippen LogP) is 1.33. The first-order valence-electron chi connectivity index (χ1n) is 4.83. The molecule has 1 N–H and O–H groups in total. The summed E-state index contributed by atoms with van der Waals surface area (Å²) in [7, 11) is 0. The molecule has 0 aliphatic rings. The molecule has 0 spiro atoms. The molecule has 0 saturated heterocycles. The molecule has 0 saturated carbocycles. The molecule has 2 aromatic rings. The summed E-state index contributed by atoms with van der Waals surface area (Å²) in [4.78, 5) is 14.9. The Bertz CT molecular complexity index is 519. The molecule has 2 heterocycles. The van der Waals surface area contributed by atoms with Crippen molar-refractivity contribution in [2.24, 2.45) is 0 Å². The van der Waals surface area contributed by atoms with Crippen LogP contribution in [0.15, 0.2) is 30.7 Å². The number of pyridine rings is 1. The predicted molar refractivity (Wildman–Crippen MR) is 57.3 cm³/mol. The van der Waals surface area contributed by atoms with Gasteiger partial charge in [0, 0.05) is 12.4 Å². The molecule has 2 aromatic heterocycles. The average molecular weight is 217 g/mol. The van der Waals surface area contributed by atoms with Gasteiger partial charge in [-0.15, -0.1) is 0 Å². The molecule has 0 fully saturated rings. The molecule has 2 rings (SSSR count). The Hall–Kier alpha value is -2.17. The van der Waals surface area contributed by atoms with Crippen molar-refractivity contribution in [1.29, 1.82) is 0 Å². The normalized spacial score (nSPS) is 10.3. The SMILES string of the molecule is Cc1cccnc1Cn1cc(C(=O)O)cn1. The van der Waals surface area contributed by atoms with Gasteiger partial charge in [0.2, 0.25) is 0 Å². The van der Waals surface area contributed by atoms with Crippen molar-refractivity contribution in [2.45, 2.75) is 13.5 Å². The van der Waals surface area contributed by atoms with Crippen molar-refractivity contribution in [3.63, 3.8) is 0 Å². The number of carboxylic acid groups (broad SMARTS) is 1. The summed E-state index contributed by atoms with van der Waals surface area (Å²) in [6.07, 6.45) is 4.54. The lowest BCUT2D eigenvalue weighted by Crippen LogP contribution is -2.04. The highest BCUT2D eigenvalue weighted by Gasteiger charge is 2.07. The van der Waals surface area contributed by atoms with Gasteiger partial charge in [0.25, 0.3) is 0 Å². The summed E-state index contributed by atoms with van der Waals surface area (Å²) in [5.41, 5.74) is 2.14. The maximum Gasteiger partial charge on any atom is 0.338 e. The van der Waals surface area contributed by atoms with Crippen LogP contribution >= 0.6 is 0 Å². The van der Waals surface area contributed by atoms with E-state index in [2.05, 4.69) is 10.1 Å². The van der Waals surface area contributed by atoms with Crippen LogP contribution in [0.25, 0.3) is 0 Å². The van der Waals surface area contributed by atoms with E-state index in [1.165, 1.54) is 12.4 Å². The highest BCUT2D eigenvalue weighted by atomic mass is 16.4. The quantitative estimate of drug-likeness (QED) is 0.842. The second-order valence-corrected chi connectivity index (χ2v) is 3.50. The van der Waals surface area contributed by atoms with Crippen LogP contribution in [-0.4, -0.2) is 25.8 Å². The zero-order chi connectivity index (χ0) is 11.5. The molecule has 0 bridgehead atoms. The van der Waals surface area contributed by atoms with Gasteiger partial charge in [-0.1, -0.05) is 6.07 Å². The molecular weight excluding hydrogens is 206 g/mol. The Labute approximate surface area is 92.4 Å². The molecule has 0 atom stereocenters. The van der Waals surface area contributed by atoms with E-state index in [0.717, 1.165) is 11.3 Å². The minimum Gasteiger partial charge on any atom is -0.478 e. The van der Waals surface area contributed by atoms with Gasteiger partial charge < -0.3 is 5.11 Å². The monoisotopic (exact) mass is 217 g/mol. The van der Waals surface area contributed by atoms with Crippen molar-refractivity contribution in [3.8, 4) is 0 Å². The Morgan fingerprint density at radius 3 is 3.00 bits per heavy atom. The molecule has 5 heteroatoms. The molecule has 0 aliphatic carbocycles. The number of aromatic carboxylic acids is 1. The van der Waals surface area contributed by atoms with Gasteiger partial charge in [0.05, 0.1) is 24.0 Å². The maximum atomic E-state index is 10.7. The fraction of sp³-hybridized carbons (Fsp3) is 0.182. The van der Waals surface area contributed by atoms with Gasteiger partial charge in [0.15, 0.2) is 0 Å². The van der Waals surface area contributed by atoms with Crippen LogP contribution < -0.4 is 0 Å². The largest absolute Gasteiger partial charge is 0.478 e. The third-order valence-electron chi connectivity index (χ3n) is 2.31. The van der Waals surface area contributed by atoms with Gasteiger partial charge in [-0.3, -0.25) is 9.67 Å². The second kappa shape index (κ2) is 4.14. The smallest absolute Gasteiger partial charge is 0.338 e. The standard InChI is InChI=1S/C11H11N3O2/c1-8-3-2-4-12-10(8)7-14-6-9(5-13-14)11(15)16/h2-6H,7H2,1H3,(H,15,16). The molecule has 0 radical (unpaired) electrons. The topological polar surface area (TPSA) is 68.0 Å². The van der Waals surface area contributed by atoms with E-state index in [1.54, 1.807) is 10.9 Å². The second-order valence-electron chi connectivity index (χ2n) is 3.50. The van der Waals surface area contributed by atoms with Crippen LogP contribution in [0.3, 0.4) is 0 Å². The van der Waals surface area contributed by atoms with E-state index in [0.29, 0.717) is 6.54 Å². The number of aromatic nitrogens is 3.